The number of nitrogens with zero attached hydrogens (tertiary/aromatic N) is 1. The molecule has 6 nitrogen and oxygen atoms in total. The van der Waals surface area contributed by atoms with Crippen LogP contribution in [0, 0.1) is 6.92 Å². The van der Waals surface area contributed by atoms with Gasteiger partial charge in [0.2, 0.25) is 0 Å². The molecule has 1 fully saturated rings. The van der Waals surface area contributed by atoms with Gasteiger partial charge in [-0.05, 0) is 49.2 Å². The van der Waals surface area contributed by atoms with Gasteiger partial charge in [-0.2, -0.15) is 0 Å². The minimum absolute atomic E-state index is 0.150. The molecule has 0 saturated carbocycles. The maximum absolute atomic E-state index is 12.6. The first-order valence-corrected chi connectivity index (χ1v) is 7.56. The van der Waals surface area contributed by atoms with Gasteiger partial charge < -0.3 is 4.42 Å². The van der Waals surface area contributed by atoms with Crippen LogP contribution in [0.1, 0.15) is 24.0 Å². The predicted molar refractivity (Wildman–Crippen MR) is 88.3 cm³/mol. The number of hydrogen-bond donors (Lipinski definition) is 1. The predicted octanol–water partition coefficient (Wildman–Crippen LogP) is 2.82. The zero-order chi connectivity index (χ0) is 17.3. The Morgan fingerprint density at radius 1 is 1.08 bits per heavy atom. The highest BCUT2D eigenvalue weighted by Gasteiger charge is 2.36. The van der Waals surface area contributed by atoms with Gasteiger partial charge in [-0.15, -0.1) is 0 Å². The van der Waals surface area contributed by atoms with Crippen LogP contribution >= 0.6 is 0 Å². The number of imide groups is 2. The van der Waals surface area contributed by atoms with E-state index in [1.165, 1.54) is 6.08 Å². The number of aryl methyl sites for hydroxylation is 2. The molecule has 0 bridgehead atoms. The van der Waals surface area contributed by atoms with Crippen LogP contribution in [0.2, 0.25) is 0 Å². The van der Waals surface area contributed by atoms with Crippen molar-refractivity contribution in [3.05, 3.63) is 59.1 Å². The first-order valence-electron chi connectivity index (χ1n) is 7.56. The van der Waals surface area contributed by atoms with E-state index in [-0.39, 0.29) is 5.57 Å². The molecule has 24 heavy (non-hydrogen) atoms. The zero-order valence-electron chi connectivity index (χ0n) is 13.3. The number of hydrogen-bond acceptors (Lipinski definition) is 4. The van der Waals surface area contributed by atoms with Crippen LogP contribution in [-0.2, 0) is 16.0 Å². The highest BCUT2D eigenvalue weighted by Crippen LogP contribution is 2.23. The number of carbonyl (C=O) groups excluding carboxylic acids is 3. The van der Waals surface area contributed by atoms with Gasteiger partial charge in [0.15, 0.2) is 0 Å². The second kappa shape index (κ2) is 6.16. The van der Waals surface area contributed by atoms with Crippen LogP contribution in [0.3, 0.4) is 0 Å². The first-order chi connectivity index (χ1) is 11.5. The largest absolute Gasteiger partial charge is 0.462 e. The molecule has 0 unspecified atom stereocenters. The van der Waals surface area contributed by atoms with Gasteiger partial charge in [0, 0.05) is 0 Å². The van der Waals surface area contributed by atoms with Crippen molar-refractivity contribution >= 4 is 29.6 Å². The zero-order valence-corrected chi connectivity index (χ0v) is 13.3. The Morgan fingerprint density at radius 2 is 1.79 bits per heavy atom. The second-order valence-electron chi connectivity index (χ2n) is 5.43. The fourth-order valence-electron chi connectivity index (χ4n) is 2.45. The summed E-state index contributed by atoms with van der Waals surface area (Å²) in [5, 5.41) is 2.18. The lowest BCUT2D eigenvalue weighted by Crippen LogP contribution is -2.54. The topological polar surface area (TPSA) is 79.6 Å². The van der Waals surface area contributed by atoms with E-state index in [0.717, 1.165) is 16.9 Å². The summed E-state index contributed by atoms with van der Waals surface area (Å²) < 4.78 is 5.37. The van der Waals surface area contributed by atoms with Crippen molar-refractivity contribution < 1.29 is 18.8 Å². The summed E-state index contributed by atoms with van der Waals surface area (Å²) in [6.45, 7) is 3.77. The van der Waals surface area contributed by atoms with Crippen molar-refractivity contribution in [2.75, 3.05) is 4.90 Å². The molecule has 0 radical (unpaired) electrons. The third-order valence-corrected chi connectivity index (χ3v) is 3.75. The molecule has 2 aromatic rings. The summed E-state index contributed by atoms with van der Waals surface area (Å²) in [6.07, 6.45) is 2.19. The van der Waals surface area contributed by atoms with Gasteiger partial charge >= 0.3 is 6.03 Å². The summed E-state index contributed by atoms with van der Waals surface area (Å²) in [5.74, 6) is -0.377. The third kappa shape index (κ3) is 2.86. The monoisotopic (exact) mass is 324 g/mol. The quantitative estimate of drug-likeness (QED) is 0.695. The Labute approximate surface area is 138 Å². The van der Waals surface area contributed by atoms with Crippen LogP contribution in [0.5, 0.6) is 0 Å². The van der Waals surface area contributed by atoms with Crippen molar-refractivity contribution in [1.29, 1.82) is 0 Å². The first kappa shape index (κ1) is 15.7. The molecule has 1 aliphatic rings. The number of barbiturate groups is 1. The number of carbonyl (C=O) groups is 3. The lowest BCUT2D eigenvalue weighted by atomic mass is 10.1. The minimum atomic E-state index is -0.762. The van der Waals surface area contributed by atoms with Crippen LogP contribution < -0.4 is 10.2 Å². The third-order valence-electron chi connectivity index (χ3n) is 3.75. The van der Waals surface area contributed by atoms with Gasteiger partial charge in [-0.3, -0.25) is 14.9 Å². The van der Waals surface area contributed by atoms with Crippen molar-refractivity contribution in [3.63, 3.8) is 0 Å². The molecule has 0 atom stereocenters. The van der Waals surface area contributed by atoms with Crippen LogP contribution in [0.15, 0.2) is 46.4 Å². The number of rotatable bonds is 3. The standard InChI is InChI=1S/C18H16N2O4/c1-3-12-5-7-13(8-6-12)20-17(22)15(16(21)19-18(20)23)10-14-9-4-11(2)24-14/h4-10H,3H2,1-2H3,(H,19,21,23)/b15-10-. The van der Waals surface area contributed by atoms with E-state index in [1.54, 1.807) is 31.2 Å². The Morgan fingerprint density at radius 3 is 2.38 bits per heavy atom. The lowest BCUT2D eigenvalue weighted by molar-refractivity contribution is -0.122. The fraction of sp³-hybridized carbons (Fsp3) is 0.167. The average molecular weight is 324 g/mol. The molecule has 6 heteroatoms. The van der Waals surface area contributed by atoms with E-state index in [4.69, 9.17) is 4.42 Å². The van der Waals surface area contributed by atoms with Crippen molar-refractivity contribution in [2.45, 2.75) is 20.3 Å². The van der Waals surface area contributed by atoms with E-state index < -0.39 is 17.8 Å². The summed E-state index contributed by atoms with van der Waals surface area (Å²) >= 11 is 0. The van der Waals surface area contributed by atoms with Crippen LogP contribution in [0.25, 0.3) is 6.08 Å². The van der Waals surface area contributed by atoms with E-state index >= 15 is 0 Å². The SMILES string of the molecule is CCc1ccc(N2C(=O)NC(=O)/C(=C/c3ccc(C)o3)C2=O)cc1. The maximum atomic E-state index is 12.6. The Bertz CT molecular complexity index is 846. The molecule has 0 spiro atoms. The molecular weight excluding hydrogens is 308 g/mol. The summed E-state index contributed by atoms with van der Waals surface area (Å²) in [7, 11) is 0. The molecule has 1 aromatic heterocycles. The van der Waals surface area contributed by atoms with Crippen LogP contribution in [0.4, 0.5) is 10.5 Å². The molecule has 1 N–H and O–H groups in total. The van der Waals surface area contributed by atoms with E-state index in [2.05, 4.69) is 5.32 Å². The number of nitrogens with one attached hydrogen (secondary N) is 1. The van der Waals surface area contributed by atoms with Gasteiger partial charge in [0.25, 0.3) is 11.8 Å². The van der Waals surface area contributed by atoms with Gasteiger partial charge in [0.1, 0.15) is 17.1 Å². The van der Waals surface area contributed by atoms with Gasteiger partial charge in [-0.25, -0.2) is 9.69 Å². The van der Waals surface area contributed by atoms with Gasteiger partial charge in [-0.1, -0.05) is 19.1 Å². The van der Waals surface area contributed by atoms with Gasteiger partial charge in [0.05, 0.1) is 5.69 Å². The smallest absolute Gasteiger partial charge is 0.335 e. The van der Waals surface area contributed by atoms with Crippen molar-refractivity contribution in [2.24, 2.45) is 0 Å². The summed E-state index contributed by atoms with van der Waals surface area (Å²) in [6, 6.07) is 9.66. The van der Waals surface area contributed by atoms with Crippen molar-refractivity contribution in [3.8, 4) is 0 Å². The lowest BCUT2D eigenvalue weighted by Gasteiger charge is -2.26. The molecule has 1 aliphatic heterocycles. The minimum Gasteiger partial charge on any atom is -0.462 e. The highest BCUT2D eigenvalue weighted by atomic mass is 16.3. The number of furan rings is 1. The number of urea groups is 1. The molecule has 122 valence electrons. The molecule has 1 saturated heterocycles. The molecule has 0 aliphatic carbocycles. The number of benzene rings is 1. The normalized spacial score (nSPS) is 16.7. The Balaban J connectivity index is 1.97. The second-order valence-corrected chi connectivity index (χ2v) is 5.43. The summed E-state index contributed by atoms with van der Waals surface area (Å²) in [4.78, 5) is 37.7. The molecule has 4 amide bonds. The fourth-order valence-corrected chi connectivity index (χ4v) is 2.45. The van der Waals surface area contributed by atoms with E-state index in [9.17, 15) is 14.4 Å². The molecule has 1 aromatic carbocycles. The number of amides is 4. The van der Waals surface area contributed by atoms with E-state index in [1.807, 2.05) is 19.1 Å². The van der Waals surface area contributed by atoms with E-state index in [0.29, 0.717) is 17.2 Å². The van der Waals surface area contributed by atoms with Crippen LogP contribution in [-0.4, -0.2) is 17.8 Å². The maximum Gasteiger partial charge on any atom is 0.335 e. The molecular formula is C18H16N2O4. The molecule has 3 rings (SSSR count). The Hall–Kier alpha value is -3.15. The summed E-state index contributed by atoms with van der Waals surface area (Å²) in [5.41, 5.74) is 1.34. The highest BCUT2D eigenvalue weighted by molar-refractivity contribution is 6.39. The molecule has 2 heterocycles. The number of anilines is 1. The van der Waals surface area contributed by atoms with Crippen molar-refractivity contribution in [1.82, 2.24) is 5.32 Å². The Kier molecular flexibility index (Phi) is 4.04. The average Bonchev–Trinajstić information content (AvgIpc) is 2.97.